The zero-order valence-electron chi connectivity index (χ0n) is 17.6. The molecule has 0 aliphatic carbocycles. The van der Waals surface area contributed by atoms with Gasteiger partial charge in [-0.05, 0) is 6.42 Å². The molecule has 0 saturated heterocycles. The van der Waals surface area contributed by atoms with E-state index in [-0.39, 0.29) is 0 Å². The first-order valence-electron chi connectivity index (χ1n) is 11.4. The molecule has 0 aliphatic heterocycles. The molecular weight excluding hydrogens is 290 g/mol. The highest BCUT2D eigenvalue weighted by Crippen LogP contribution is 2.10. The molecule has 0 atom stereocenters. The van der Waals surface area contributed by atoms with Crippen molar-refractivity contribution in [2.24, 2.45) is 0 Å². The Labute approximate surface area is 155 Å². The predicted octanol–water partition coefficient (Wildman–Crippen LogP) is 8.51. The highest BCUT2D eigenvalue weighted by Gasteiger charge is 1.91. The zero-order valence-corrected chi connectivity index (χ0v) is 17.6. The molecular formula is C23H49N. The van der Waals surface area contributed by atoms with Gasteiger partial charge in [0.1, 0.15) is 0 Å². The van der Waals surface area contributed by atoms with Crippen molar-refractivity contribution in [2.45, 2.75) is 143 Å². The maximum absolute atomic E-state index is 8.57. The second kappa shape index (κ2) is 27.8. The highest BCUT2D eigenvalue weighted by molar-refractivity contribution is 4.47. The molecule has 1 nitrogen and oxygen atoms in total. The molecule has 1 heteroatoms. The van der Waals surface area contributed by atoms with Crippen molar-refractivity contribution in [3.63, 3.8) is 0 Å². The SMILES string of the molecule is CCCCCCCCCCC.CCCCCCCCCCCC[N]. The second-order valence-electron chi connectivity index (χ2n) is 7.38. The third-order valence-corrected chi connectivity index (χ3v) is 4.72. The van der Waals surface area contributed by atoms with Crippen molar-refractivity contribution < 1.29 is 0 Å². The van der Waals surface area contributed by atoms with Crippen LogP contribution in [0.2, 0.25) is 0 Å². The Morgan fingerprint density at radius 2 is 0.542 bits per heavy atom. The summed E-state index contributed by atoms with van der Waals surface area (Å²) in [6.07, 6.45) is 26.3. The van der Waals surface area contributed by atoms with Gasteiger partial charge in [0.15, 0.2) is 0 Å². The van der Waals surface area contributed by atoms with Gasteiger partial charge in [-0.2, -0.15) is 0 Å². The van der Waals surface area contributed by atoms with Gasteiger partial charge in [0.2, 0.25) is 0 Å². The Kier molecular flexibility index (Phi) is 30.3. The van der Waals surface area contributed by atoms with E-state index in [9.17, 15) is 0 Å². The fraction of sp³-hybridized carbons (Fsp3) is 1.00. The van der Waals surface area contributed by atoms with Gasteiger partial charge >= 0.3 is 0 Å². The van der Waals surface area contributed by atoms with Gasteiger partial charge in [0, 0.05) is 6.54 Å². The van der Waals surface area contributed by atoms with E-state index in [4.69, 9.17) is 5.73 Å². The molecule has 0 unspecified atom stereocenters. The topological polar surface area (TPSA) is 22.3 Å². The van der Waals surface area contributed by atoms with Gasteiger partial charge in [-0.25, -0.2) is 0 Å². The lowest BCUT2D eigenvalue weighted by atomic mass is 10.1. The van der Waals surface area contributed by atoms with Crippen molar-refractivity contribution in [1.82, 2.24) is 5.73 Å². The minimum atomic E-state index is 0.372. The Morgan fingerprint density at radius 3 is 0.750 bits per heavy atom. The van der Waals surface area contributed by atoms with E-state index >= 15 is 0 Å². The molecule has 0 spiro atoms. The van der Waals surface area contributed by atoms with E-state index in [0.29, 0.717) is 6.54 Å². The summed E-state index contributed by atoms with van der Waals surface area (Å²) >= 11 is 0. The lowest BCUT2D eigenvalue weighted by Gasteiger charge is -2.00. The first-order chi connectivity index (χ1) is 11.8. The quantitative estimate of drug-likeness (QED) is 0.223. The van der Waals surface area contributed by atoms with Crippen LogP contribution in [0.15, 0.2) is 0 Å². The second-order valence-corrected chi connectivity index (χ2v) is 7.38. The highest BCUT2D eigenvalue weighted by atomic mass is 14.5. The van der Waals surface area contributed by atoms with E-state index in [1.54, 1.807) is 0 Å². The third kappa shape index (κ3) is 29.9. The van der Waals surface area contributed by atoms with Crippen molar-refractivity contribution >= 4 is 0 Å². The molecule has 0 saturated carbocycles. The van der Waals surface area contributed by atoms with Crippen molar-refractivity contribution in [1.29, 1.82) is 0 Å². The van der Waals surface area contributed by atoms with Crippen LogP contribution in [-0.2, 0) is 0 Å². The molecule has 0 amide bonds. The van der Waals surface area contributed by atoms with Gasteiger partial charge in [-0.3, -0.25) is 0 Å². The van der Waals surface area contributed by atoms with Crippen LogP contribution in [0.1, 0.15) is 143 Å². The van der Waals surface area contributed by atoms with Gasteiger partial charge in [0.25, 0.3) is 0 Å². The summed E-state index contributed by atoms with van der Waals surface area (Å²) in [5, 5.41) is 0. The fourth-order valence-electron chi connectivity index (χ4n) is 2.98. The molecule has 0 aliphatic rings. The molecule has 2 radical (unpaired) electrons. The molecule has 0 aromatic carbocycles. The standard InChI is InChI=1S/C12H25N.C11H24/c1-2-3-4-5-6-7-8-9-10-11-12-13;1-3-5-7-9-11-10-8-6-4-2/h2-12H2,1H3;3-11H2,1-2H3. The average Bonchev–Trinajstić information content (AvgIpc) is 2.60. The Morgan fingerprint density at radius 1 is 0.333 bits per heavy atom. The van der Waals surface area contributed by atoms with Gasteiger partial charge < -0.3 is 0 Å². The molecule has 0 aromatic rings. The van der Waals surface area contributed by atoms with Crippen LogP contribution >= 0.6 is 0 Å². The Hall–Kier alpha value is -0.0400. The summed E-state index contributed by atoms with van der Waals surface area (Å²) in [6, 6.07) is 0. The van der Waals surface area contributed by atoms with Crippen LogP contribution in [0.5, 0.6) is 0 Å². The molecule has 0 fully saturated rings. The molecule has 0 N–H and O–H groups in total. The van der Waals surface area contributed by atoms with Crippen molar-refractivity contribution in [2.75, 3.05) is 6.54 Å². The maximum Gasteiger partial charge on any atom is 0.0321 e. The monoisotopic (exact) mass is 339 g/mol. The number of hydrogen-bond acceptors (Lipinski definition) is 0. The average molecular weight is 340 g/mol. The summed E-state index contributed by atoms with van der Waals surface area (Å²) in [5.74, 6) is 0. The van der Waals surface area contributed by atoms with Gasteiger partial charge in [-0.1, -0.05) is 136 Å². The minimum absolute atomic E-state index is 0.372. The maximum atomic E-state index is 8.57. The predicted molar refractivity (Wildman–Crippen MR) is 112 cm³/mol. The number of hydrogen-bond donors (Lipinski definition) is 0. The smallest absolute Gasteiger partial charge is 0.0321 e. The summed E-state index contributed by atoms with van der Waals surface area (Å²) in [4.78, 5) is 0. The van der Waals surface area contributed by atoms with Crippen LogP contribution in [0.4, 0.5) is 0 Å². The van der Waals surface area contributed by atoms with Crippen molar-refractivity contribution in [3.05, 3.63) is 0 Å². The van der Waals surface area contributed by atoms with Crippen LogP contribution in [0.25, 0.3) is 0 Å². The lowest BCUT2D eigenvalue weighted by Crippen LogP contribution is -1.85. The van der Waals surface area contributed by atoms with E-state index in [0.717, 1.165) is 6.42 Å². The molecule has 0 bridgehead atoms. The molecule has 0 rings (SSSR count). The molecule has 146 valence electrons. The van der Waals surface area contributed by atoms with E-state index in [2.05, 4.69) is 20.8 Å². The Balaban J connectivity index is 0. The van der Waals surface area contributed by atoms with E-state index in [1.165, 1.54) is 116 Å². The van der Waals surface area contributed by atoms with E-state index in [1.807, 2.05) is 0 Å². The normalized spacial score (nSPS) is 10.5. The van der Waals surface area contributed by atoms with E-state index < -0.39 is 0 Å². The van der Waals surface area contributed by atoms with Gasteiger partial charge in [-0.15, -0.1) is 5.73 Å². The van der Waals surface area contributed by atoms with Gasteiger partial charge in [0.05, 0.1) is 0 Å². The number of rotatable bonds is 18. The lowest BCUT2D eigenvalue weighted by molar-refractivity contribution is 0.557. The summed E-state index contributed by atoms with van der Waals surface area (Å²) < 4.78 is 0. The Bertz CT molecular complexity index is 161. The number of unbranched alkanes of at least 4 members (excludes halogenated alkanes) is 17. The van der Waals surface area contributed by atoms with Crippen LogP contribution < -0.4 is 5.73 Å². The zero-order chi connectivity index (χ0) is 18.1. The fourth-order valence-corrected chi connectivity index (χ4v) is 2.98. The number of nitrogens with zero attached hydrogens (tertiary/aromatic N) is 1. The van der Waals surface area contributed by atoms with Crippen LogP contribution in [-0.4, -0.2) is 6.54 Å². The first kappa shape index (κ1) is 26.2. The molecule has 24 heavy (non-hydrogen) atoms. The third-order valence-electron chi connectivity index (χ3n) is 4.72. The molecule has 0 aromatic heterocycles. The first-order valence-corrected chi connectivity index (χ1v) is 11.4. The summed E-state index contributed by atoms with van der Waals surface area (Å²) in [6.45, 7) is 7.18. The minimum Gasteiger partial charge on any atom is -0.145 e. The van der Waals surface area contributed by atoms with Crippen LogP contribution in [0, 0.1) is 0 Å². The van der Waals surface area contributed by atoms with Crippen molar-refractivity contribution in [3.8, 4) is 0 Å². The van der Waals surface area contributed by atoms with Crippen LogP contribution in [0.3, 0.4) is 0 Å². The summed E-state index contributed by atoms with van der Waals surface area (Å²) in [7, 11) is 0. The summed E-state index contributed by atoms with van der Waals surface area (Å²) in [5.41, 5.74) is 8.57. The largest absolute Gasteiger partial charge is 0.145 e. The molecule has 0 heterocycles.